The molecule has 1 saturated carbocycles. The molecule has 0 aromatic carbocycles. The van der Waals surface area contributed by atoms with E-state index < -0.39 is 6.04 Å². The molecule has 1 fully saturated rings. The average Bonchev–Trinajstić information content (AvgIpc) is 2.81. The normalized spacial score (nSPS) is 23.1. The summed E-state index contributed by atoms with van der Waals surface area (Å²) >= 11 is 0. The molecule has 0 aromatic heterocycles. The second-order valence-electron chi connectivity index (χ2n) is 5.80. The van der Waals surface area contributed by atoms with Crippen LogP contribution in [-0.4, -0.2) is 30.4 Å². The molecule has 2 amide bonds. The summed E-state index contributed by atoms with van der Waals surface area (Å²) in [5.41, 5.74) is 5.86. The molecule has 1 unspecified atom stereocenters. The molecule has 5 heteroatoms. The highest BCUT2D eigenvalue weighted by Gasteiger charge is 2.46. The molecular weight excluding hydrogens is 218 g/mol. The first-order chi connectivity index (χ1) is 7.74. The van der Waals surface area contributed by atoms with Crippen molar-refractivity contribution < 1.29 is 9.59 Å². The Morgan fingerprint density at radius 1 is 1.41 bits per heavy atom. The fraction of sp³-hybridized carbons (Fsp3) is 0.833. The molecule has 98 valence electrons. The summed E-state index contributed by atoms with van der Waals surface area (Å²) in [5.74, 6) is -0.351. The summed E-state index contributed by atoms with van der Waals surface area (Å²) < 4.78 is 0. The number of nitrogens with one attached hydrogen (secondary N) is 2. The predicted octanol–water partition coefficient (Wildman–Crippen LogP) is 0.000600. The summed E-state index contributed by atoms with van der Waals surface area (Å²) in [5, 5.41) is 5.42. The summed E-state index contributed by atoms with van der Waals surface area (Å²) in [7, 11) is 0. The van der Waals surface area contributed by atoms with Gasteiger partial charge in [-0.15, -0.1) is 0 Å². The van der Waals surface area contributed by atoms with Gasteiger partial charge in [-0.05, 0) is 17.8 Å². The topological polar surface area (TPSA) is 84.2 Å². The Labute approximate surface area is 103 Å². The van der Waals surface area contributed by atoms with Crippen molar-refractivity contribution >= 4 is 11.8 Å². The maximum Gasteiger partial charge on any atom is 0.239 e. The second-order valence-corrected chi connectivity index (χ2v) is 5.80. The van der Waals surface area contributed by atoms with Crippen LogP contribution in [0.5, 0.6) is 0 Å². The lowest BCUT2D eigenvalue weighted by Gasteiger charge is -2.15. The Kier molecular flexibility index (Phi) is 4.14. The standard InChI is InChI=1S/C12H23N3O2/c1-7(2)10(13)11(17)14-6-9(16)15-8-5-12(8,3)4/h7-8,10H,5-6,13H2,1-4H3,(H,14,17)(H,15,16)/t8?,10-/m0/s1. The molecule has 4 N–H and O–H groups in total. The molecular formula is C12H23N3O2. The number of rotatable bonds is 5. The lowest BCUT2D eigenvalue weighted by atomic mass is 10.1. The zero-order chi connectivity index (χ0) is 13.2. The van der Waals surface area contributed by atoms with Crippen LogP contribution in [0.25, 0.3) is 0 Å². The number of nitrogens with two attached hydrogens (primary N) is 1. The molecule has 0 heterocycles. The predicted molar refractivity (Wildman–Crippen MR) is 66.2 cm³/mol. The van der Waals surface area contributed by atoms with Crippen molar-refractivity contribution in [1.29, 1.82) is 0 Å². The van der Waals surface area contributed by atoms with Gasteiger partial charge in [0.2, 0.25) is 11.8 Å². The van der Waals surface area contributed by atoms with Crippen molar-refractivity contribution in [2.75, 3.05) is 6.54 Å². The lowest BCUT2D eigenvalue weighted by Crippen LogP contribution is -2.47. The van der Waals surface area contributed by atoms with Gasteiger partial charge in [0.25, 0.3) is 0 Å². The van der Waals surface area contributed by atoms with E-state index in [1.165, 1.54) is 0 Å². The molecule has 0 saturated heterocycles. The van der Waals surface area contributed by atoms with Gasteiger partial charge in [-0.2, -0.15) is 0 Å². The summed E-state index contributed by atoms with van der Waals surface area (Å²) in [6.07, 6.45) is 0.998. The minimum Gasteiger partial charge on any atom is -0.351 e. The number of hydrogen-bond donors (Lipinski definition) is 3. The molecule has 0 aliphatic heterocycles. The number of amides is 2. The SMILES string of the molecule is CC(C)[C@H](N)C(=O)NCC(=O)NC1CC1(C)C. The van der Waals surface area contributed by atoms with Gasteiger partial charge in [-0.3, -0.25) is 9.59 Å². The maximum atomic E-state index is 11.5. The molecule has 17 heavy (non-hydrogen) atoms. The summed E-state index contributed by atoms with van der Waals surface area (Å²) in [6.45, 7) is 7.95. The van der Waals surface area contributed by atoms with Crippen molar-refractivity contribution in [1.82, 2.24) is 10.6 Å². The number of hydrogen-bond acceptors (Lipinski definition) is 3. The minimum absolute atomic E-state index is 0.00579. The quantitative estimate of drug-likeness (QED) is 0.633. The first-order valence-electron chi connectivity index (χ1n) is 6.06. The van der Waals surface area contributed by atoms with Gasteiger partial charge in [0.15, 0.2) is 0 Å². The van der Waals surface area contributed by atoms with Crippen LogP contribution < -0.4 is 16.4 Å². The Balaban J connectivity index is 2.22. The van der Waals surface area contributed by atoms with E-state index in [9.17, 15) is 9.59 Å². The lowest BCUT2D eigenvalue weighted by molar-refractivity contribution is -0.127. The van der Waals surface area contributed by atoms with Gasteiger partial charge < -0.3 is 16.4 Å². The van der Waals surface area contributed by atoms with E-state index in [2.05, 4.69) is 24.5 Å². The molecule has 1 rings (SSSR count). The summed E-state index contributed by atoms with van der Waals surface area (Å²) in [4.78, 5) is 23.0. The Hall–Kier alpha value is -1.10. The van der Waals surface area contributed by atoms with Gasteiger partial charge in [-0.1, -0.05) is 27.7 Å². The Bertz CT molecular complexity index is 313. The largest absolute Gasteiger partial charge is 0.351 e. The van der Waals surface area contributed by atoms with Crippen LogP contribution in [0.2, 0.25) is 0 Å². The molecule has 1 aliphatic carbocycles. The smallest absolute Gasteiger partial charge is 0.239 e. The number of carbonyl (C=O) groups is 2. The molecule has 0 aromatic rings. The van der Waals surface area contributed by atoms with Crippen LogP contribution in [0, 0.1) is 11.3 Å². The first kappa shape index (κ1) is 14.0. The van der Waals surface area contributed by atoms with Gasteiger partial charge in [0.05, 0.1) is 12.6 Å². The van der Waals surface area contributed by atoms with E-state index in [1.807, 2.05) is 13.8 Å². The third kappa shape index (κ3) is 4.00. The second kappa shape index (κ2) is 5.04. The highest BCUT2D eigenvalue weighted by atomic mass is 16.2. The fourth-order valence-electron chi connectivity index (χ4n) is 1.55. The zero-order valence-corrected chi connectivity index (χ0v) is 11.0. The van der Waals surface area contributed by atoms with Gasteiger partial charge >= 0.3 is 0 Å². The van der Waals surface area contributed by atoms with Crippen LogP contribution in [-0.2, 0) is 9.59 Å². The van der Waals surface area contributed by atoms with Crippen molar-refractivity contribution in [3.63, 3.8) is 0 Å². The molecule has 0 spiro atoms. The first-order valence-corrected chi connectivity index (χ1v) is 6.06. The van der Waals surface area contributed by atoms with Crippen molar-refractivity contribution in [2.24, 2.45) is 17.1 Å². The third-order valence-corrected chi connectivity index (χ3v) is 3.29. The van der Waals surface area contributed by atoms with E-state index in [-0.39, 0.29) is 35.7 Å². The Morgan fingerprint density at radius 2 is 1.94 bits per heavy atom. The van der Waals surface area contributed by atoms with E-state index in [0.29, 0.717) is 0 Å². The van der Waals surface area contributed by atoms with Gasteiger partial charge in [0, 0.05) is 6.04 Å². The van der Waals surface area contributed by atoms with Crippen LogP contribution in [0.1, 0.15) is 34.1 Å². The van der Waals surface area contributed by atoms with E-state index in [0.717, 1.165) is 6.42 Å². The average molecular weight is 241 g/mol. The molecule has 1 aliphatic rings. The van der Waals surface area contributed by atoms with E-state index >= 15 is 0 Å². The van der Waals surface area contributed by atoms with Crippen LogP contribution in [0.3, 0.4) is 0 Å². The monoisotopic (exact) mass is 241 g/mol. The molecule has 2 atom stereocenters. The van der Waals surface area contributed by atoms with Crippen LogP contribution in [0.4, 0.5) is 0 Å². The van der Waals surface area contributed by atoms with Crippen molar-refractivity contribution in [3.8, 4) is 0 Å². The summed E-state index contributed by atoms with van der Waals surface area (Å²) in [6, 6.07) is -0.314. The van der Waals surface area contributed by atoms with Crippen molar-refractivity contribution in [2.45, 2.75) is 46.2 Å². The van der Waals surface area contributed by atoms with E-state index in [4.69, 9.17) is 5.73 Å². The zero-order valence-electron chi connectivity index (χ0n) is 11.0. The number of carbonyl (C=O) groups excluding carboxylic acids is 2. The fourth-order valence-corrected chi connectivity index (χ4v) is 1.55. The minimum atomic E-state index is -0.555. The molecule has 5 nitrogen and oxygen atoms in total. The van der Waals surface area contributed by atoms with Crippen LogP contribution >= 0.6 is 0 Å². The van der Waals surface area contributed by atoms with Gasteiger partial charge in [0.1, 0.15) is 0 Å². The highest BCUT2D eigenvalue weighted by molar-refractivity contribution is 5.87. The van der Waals surface area contributed by atoms with Gasteiger partial charge in [-0.25, -0.2) is 0 Å². The molecule has 0 bridgehead atoms. The Morgan fingerprint density at radius 3 is 2.35 bits per heavy atom. The molecule has 0 radical (unpaired) electrons. The highest BCUT2D eigenvalue weighted by Crippen LogP contribution is 2.44. The van der Waals surface area contributed by atoms with E-state index in [1.54, 1.807) is 0 Å². The maximum absolute atomic E-state index is 11.5. The van der Waals surface area contributed by atoms with Crippen molar-refractivity contribution in [3.05, 3.63) is 0 Å². The van der Waals surface area contributed by atoms with Crippen LogP contribution in [0.15, 0.2) is 0 Å². The third-order valence-electron chi connectivity index (χ3n) is 3.29.